The predicted octanol–water partition coefficient (Wildman–Crippen LogP) is 3.67. The Labute approximate surface area is 168 Å². The highest BCUT2D eigenvalue weighted by Crippen LogP contribution is 2.34. The molecular weight excluding hydrogens is 404 g/mol. The fourth-order valence-corrected chi connectivity index (χ4v) is 4.52. The molecule has 0 spiro atoms. The lowest BCUT2D eigenvalue weighted by molar-refractivity contribution is -0.129. The molecule has 1 atom stereocenters. The lowest BCUT2D eigenvalue weighted by atomic mass is 10.2. The van der Waals surface area contributed by atoms with Gasteiger partial charge in [0, 0.05) is 10.6 Å². The second-order valence-electron chi connectivity index (χ2n) is 5.61. The van der Waals surface area contributed by atoms with E-state index in [9.17, 15) is 14.4 Å². The Morgan fingerprint density at radius 2 is 1.96 bits per heavy atom. The minimum Gasteiger partial charge on any atom is -0.478 e. The van der Waals surface area contributed by atoms with Gasteiger partial charge in [0.15, 0.2) is 0 Å². The Balaban J connectivity index is 1.71. The van der Waals surface area contributed by atoms with Crippen molar-refractivity contribution in [2.75, 3.05) is 5.32 Å². The number of carboxylic acid groups (broad SMARTS) is 1. The van der Waals surface area contributed by atoms with Gasteiger partial charge < -0.3 is 10.4 Å². The van der Waals surface area contributed by atoms with Gasteiger partial charge in [-0.3, -0.25) is 14.5 Å². The van der Waals surface area contributed by atoms with Crippen LogP contribution in [-0.4, -0.2) is 38.2 Å². The topological polar surface area (TPSA) is 86.7 Å². The molecule has 1 aromatic heterocycles. The van der Waals surface area contributed by atoms with Crippen LogP contribution in [0, 0.1) is 0 Å². The van der Waals surface area contributed by atoms with Crippen molar-refractivity contribution in [2.24, 2.45) is 0 Å². The maximum atomic E-state index is 12.7. The number of carbonyl (C=O) groups is 3. The van der Waals surface area contributed by atoms with Gasteiger partial charge in [0.1, 0.15) is 10.4 Å². The number of anilines is 1. The molecule has 138 valence electrons. The summed E-state index contributed by atoms with van der Waals surface area (Å²) in [7, 11) is 0. The summed E-state index contributed by atoms with van der Waals surface area (Å²) in [4.78, 5) is 38.8. The first-order chi connectivity index (χ1) is 12.9. The fourth-order valence-electron chi connectivity index (χ4n) is 2.38. The van der Waals surface area contributed by atoms with E-state index >= 15 is 0 Å². The maximum Gasteiger partial charge on any atom is 0.335 e. The van der Waals surface area contributed by atoms with Crippen molar-refractivity contribution in [2.45, 2.75) is 13.0 Å². The quantitative estimate of drug-likeness (QED) is 0.569. The number of hydrogen-bond acceptors (Lipinski definition) is 6. The second kappa shape index (κ2) is 8.03. The molecule has 3 rings (SSSR count). The Bertz CT molecular complexity index is 936. The Hall–Kier alpha value is -2.49. The van der Waals surface area contributed by atoms with E-state index in [2.05, 4.69) is 5.32 Å². The van der Waals surface area contributed by atoms with E-state index in [1.54, 1.807) is 13.0 Å². The molecule has 2 amide bonds. The summed E-state index contributed by atoms with van der Waals surface area (Å²) in [5, 5.41) is 13.5. The van der Waals surface area contributed by atoms with Crippen LogP contribution in [0.4, 0.5) is 5.69 Å². The number of amides is 2. The van der Waals surface area contributed by atoms with E-state index in [1.165, 1.54) is 52.3 Å². The number of rotatable bonds is 5. The van der Waals surface area contributed by atoms with Crippen molar-refractivity contribution >= 4 is 69.2 Å². The number of nitrogens with zero attached hydrogens (tertiary/aromatic N) is 1. The first-order valence-corrected chi connectivity index (χ1v) is 9.92. The summed E-state index contributed by atoms with van der Waals surface area (Å²) in [5.74, 6) is -1.76. The highest BCUT2D eigenvalue weighted by Gasteiger charge is 2.38. The number of benzene rings is 1. The molecule has 9 heteroatoms. The summed E-state index contributed by atoms with van der Waals surface area (Å²) < 4.78 is 0.326. The van der Waals surface area contributed by atoms with Gasteiger partial charge in [-0.15, -0.1) is 11.3 Å². The zero-order chi connectivity index (χ0) is 19.6. The standard InChI is InChI=1S/C18H14N2O4S3/c1-10(15(21)19-12-6-4-11(5-7-12)17(23)24)20-16(22)14(27-18(20)25)9-13-3-2-8-26-13/h2-10H,1H3,(H,19,21)(H,23,24). The normalized spacial score (nSPS) is 16.6. The van der Waals surface area contributed by atoms with Crippen molar-refractivity contribution < 1.29 is 19.5 Å². The van der Waals surface area contributed by atoms with Gasteiger partial charge >= 0.3 is 5.97 Å². The van der Waals surface area contributed by atoms with Gasteiger partial charge in [-0.05, 0) is 48.7 Å². The van der Waals surface area contributed by atoms with E-state index in [0.717, 1.165) is 4.88 Å². The molecule has 1 saturated heterocycles. The summed E-state index contributed by atoms with van der Waals surface area (Å²) in [6.45, 7) is 1.60. The largest absolute Gasteiger partial charge is 0.478 e. The van der Waals surface area contributed by atoms with Crippen LogP contribution >= 0.6 is 35.3 Å². The van der Waals surface area contributed by atoms with Crippen LogP contribution < -0.4 is 5.32 Å². The van der Waals surface area contributed by atoms with Gasteiger partial charge in [0.05, 0.1) is 10.5 Å². The number of aromatic carboxylic acids is 1. The SMILES string of the molecule is CC(C(=O)Nc1ccc(C(=O)O)cc1)N1C(=O)C(=Cc2cccs2)SC1=S. The number of carboxylic acids is 1. The van der Waals surface area contributed by atoms with Crippen LogP contribution in [0.1, 0.15) is 22.2 Å². The van der Waals surface area contributed by atoms with Crippen LogP contribution in [0.25, 0.3) is 6.08 Å². The van der Waals surface area contributed by atoms with Crippen LogP contribution in [-0.2, 0) is 9.59 Å². The second-order valence-corrected chi connectivity index (χ2v) is 8.27. The lowest BCUT2D eigenvalue weighted by Crippen LogP contribution is -2.44. The van der Waals surface area contributed by atoms with Crippen molar-refractivity contribution in [3.8, 4) is 0 Å². The first kappa shape index (κ1) is 19.3. The number of hydrogen-bond donors (Lipinski definition) is 2. The molecule has 0 saturated carbocycles. The molecule has 0 bridgehead atoms. The van der Waals surface area contributed by atoms with Gasteiger partial charge in [0.25, 0.3) is 5.91 Å². The number of carbonyl (C=O) groups excluding carboxylic acids is 2. The molecule has 2 aromatic rings. The van der Waals surface area contributed by atoms with Crippen molar-refractivity contribution in [1.82, 2.24) is 4.90 Å². The van der Waals surface area contributed by atoms with Crippen LogP contribution in [0.2, 0.25) is 0 Å². The minimum absolute atomic E-state index is 0.122. The van der Waals surface area contributed by atoms with Crippen molar-refractivity contribution in [3.05, 3.63) is 57.1 Å². The van der Waals surface area contributed by atoms with Crippen LogP contribution in [0.3, 0.4) is 0 Å². The molecule has 0 radical (unpaired) electrons. The van der Waals surface area contributed by atoms with Crippen LogP contribution in [0.15, 0.2) is 46.7 Å². The first-order valence-electron chi connectivity index (χ1n) is 7.81. The van der Waals surface area contributed by atoms with E-state index in [1.807, 2.05) is 17.5 Å². The molecular formula is C18H14N2O4S3. The average molecular weight is 419 g/mol. The molecule has 1 aromatic carbocycles. The number of thiocarbonyl (C=S) groups is 1. The zero-order valence-corrected chi connectivity index (χ0v) is 16.5. The molecule has 0 aliphatic carbocycles. The molecule has 2 heterocycles. The minimum atomic E-state index is -1.05. The van der Waals surface area contributed by atoms with Crippen molar-refractivity contribution in [1.29, 1.82) is 0 Å². The maximum absolute atomic E-state index is 12.7. The number of thioether (sulfide) groups is 1. The Morgan fingerprint density at radius 1 is 1.26 bits per heavy atom. The zero-order valence-electron chi connectivity index (χ0n) is 14.0. The summed E-state index contributed by atoms with van der Waals surface area (Å²) in [5.41, 5.74) is 0.563. The highest BCUT2D eigenvalue weighted by atomic mass is 32.2. The molecule has 27 heavy (non-hydrogen) atoms. The third-order valence-corrected chi connectivity index (χ3v) is 5.96. The lowest BCUT2D eigenvalue weighted by Gasteiger charge is -2.22. The number of nitrogens with one attached hydrogen (secondary N) is 1. The predicted molar refractivity (Wildman–Crippen MR) is 111 cm³/mol. The molecule has 1 aliphatic heterocycles. The van der Waals surface area contributed by atoms with Gasteiger partial charge in [0.2, 0.25) is 5.91 Å². The third kappa shape index (κ3) is 4.26. The summed E-state index contributed by atoms with van der Waals surface area (Å²) in [6.07, 6.45) is 1.76. The Morgan fingerprint density at radius 3 is 2.56 bits per heavy atom. The van der Waals surface area contributed by atoms with Gasteiger partial charge in [-0.1, -0.05) is 30.0 Å². The Kier molecular flexibility index (Phi) is 5.73. The summed E-state index contributed by atoms with van der Waals surface area (Å²) >= 11 is 7.96. The number of thiophene rings is 1. The highest BCUT2D eigenvalue weighted by molar-refractivity contribution is 8.26. The van der Waals surface area contributed by atoms with E-state index in [0.29, 0.717) is 14.9 Å². The monoisotopic (exact) mass is 418 g/mol. The smallest absolute Gasteiger partial charge is 0.335 e. The van der Waals surface area contributed by atoms with Gasteiger partial charge in [-0.2, -0.15) is 0 Å². The van der Waals surface area contributed by atoms with Gasteiger partial charge in [-0.25, -0.2) is 4.79 Å². The molecule has 6 nitrogen and oxygen atoms in total. The van der Waals surface area contributed by atoms with E-state index in [4.69, 9.17) is 17.3 Å². The third-order valence-electron chi connectivity index (χ3n) is 3.81. The van der Waals surface area contributed by atoms with Crippen LogP contribution in [0.5, 0.6) is 0 Å². The molecule has 1 aliphatic rings. The van der Waals surface area contributed by atoms with E-state index < -0.39 is 17.9 Å². The molecule has 1 fully saturated rings. The molecule has 1 unspecified atom stereocenters. The summed E-state index contributed by atoms with van der Waals surface area (Å²) in [6, 6.07) is 8.77. The fraction of sp³-hybridized carbons (Fsp3) is 0.111. The average Bonchev–Trinajstić information content (AvgIpc) is 3.23. The molecule has 2 N–H and O–H groups in total. The van der Waals surface area contributed by atoms with E-state index in [-0.39, 0.29) is 11.5 Å². The van der Waals surface area contributed by atoms with Crippen molar-refractivity contribution in [3.63, 3.8) is 0 Å².